The number of anilines is 1. The first kappa shape index (κ1) is 14.0. The molecule has 0 spiro atoms. The molecule has 0 aliphatic rings. The summed E-state index contributed by atoms with van der Waals surface area (Å²) in [5, 5.41) is 13.6. The highest BCUT2D eigenvalue weighted by atomic mass is 16.6. The first-order chi connectivity index (χ1) is 8.43. The third kappa shape index (κ3) is 3.73. The smallest absolute Gasteiger partial charge is 0.328 e. The SMILES string of the molecule is CCOC(=O)C(C)Nc1cc(C)cc([N+](=O)[O-])c1. The fourth-order valence-electron chi connectivity index (χ4n) is 1.53. The molecule has 0 fully saturated rings. The van der Waals surface area contributed by atoms with Gasteiger partial charge in [-0.15, -0.1) is 0 Å². The van der Waals surface area contributed by atoms with Gasteiger partial charge in [0.1, 0.15) is 6.04 Å². The molecule has 18 heavy (non-hydrogen) atoms. The quantitative estimate of drug-likeness (QED) is 0.494. The number of hydrogen-bond acceptors (Lipinski definition) is 5. The molecule has 0 aliphatic carbocycles. The minimum atomic E-state index is -0.550. The number of esters is 1. The summed E-state index contributed by atoms with van der Waals surface area (Å²) in [5.41, 5.74) is 1.28. The lowest BCUT2D eigenvalue weighted by Gasteiger charge is -2.14. The zero-order chi connectivity index (χ0) is 13.7. The Kier molecular flexibility index (Phi) is 4.65. The van der Waals surface area contributed by atoms with E-state index in [1.165, 1.54) is 12.1 Å². The van der Waals surface area contributed by atoms with Gasteiger partial charge < -0.3 is 10.1 Å². The van der Waals surface area contributed by atoms with E-state index in [9.17, 15) is 14.9 Å². The maximum Gasteiger partial charge on any atom is 0.328 e. The molecule has 0 radical (unpaired) electrons. The topological polar surface area (TPSA) is 81.5 Å². The largest absolute Gasteiger partial charge is 0.464 e. The first-order valence-corrected chi connectivity index (χ1v) is 5.63. The minimum absolute atomic E-state index is 0.00596. The van der Waals surface area contributed by atoms with Crippen molar-refractivity contribution in [2.45, 2.75) is 26.8 Å². The van der Waals surface area contributed by atoms with Crippen LogP contribution in [-0.4, -0.2) is 23.5 Å². The van der Waals surface area contributed by atoms with Gasteiger partial charge in [-0.3, -0.25) is 10.1 Å². The maximum atomic E-state index is 11.4. The molecule has 0 aromatic heterocycles. The van der Waals surface area contributed by atoms with Crippen molar-refractivity contribution in [1.29, 1.82) is 0 Å². The van der Waals surface area contributed by atoms with E-state index in [0.29, 0.717) is 12.3 Å². The fourth-order valence-corrected chi connectivity index (χ4v) is 1.53. The van der Waals surface area contributed by atoms with Gasteiger partial charge >= 0.3 is 5.97 Å². The van der Waals surface area contributed by atoms with Gasteiger partial charge in [-0.2, -0.15) is 0 Å². The zero-order valence-corrected chi connectivity index (χ0v) is 10.6. The molecule has 1 unspecified atom stereocenters. The number of carbonyl (C=O) groups is 1. The molecule has 0 bridgehead atoms. The van der Waals surface area contributed by atoms with E-state index in [4.69, 9.17) is 4.74 Å². The fraction of sp³-hybridized carbons (Fsp3) is 0.417. The Balaban J connectivity index is 2.84. The van der Waals surface area contributed by atoms with Gasteiger partial charge in [-0.25, -0.2) is 4.79 Å². The molecule has 0 amide bonds. The number of benzene rings is 1. The van der Waals surface area contributed by atoms with E-state index < -0.39 is 11.0 Å². The third-order valence-corrected chi connectivity index (χ3v) is 2.30. The third-order valence-electron chi connectivity index (χ3n) is 2.30. The Morgan fingerprint density at radius 1 is 1.50 bits per heavy atom. The number of ether oxygens (including phenoxy) is 1. The molecule has 6 heteroatoms. The first-order valence-electron chi connectivity index (χ1n) is 5.63. The number of nitrogens with one attached hydrogen (secondary N) is 1. The predicted octanol–water partition coefficient (Wildman–Crippen LogP) is 2.27. The second-order valence-corrected chi connectivity index (χ2v) is 3.93. The molecule has 6 nitrogen and oxygen atoms in total. The number of nitrogens with zero attached hydrogens (tertiary/aromatic N) is 1. The van der Waals surface area contributed by atoms with Crippen LogP contribution >= 0.6 is 0 Å². The van der Waals surface area contributed by atoms with Crippen LogP contribution in [0.3, 0.4) is 0 Å². The van der Waals surface area contributed by atoms with Crippen LogP contribution in [-0.2, 0) is 9.53 Å². The molecule has 1 atom stereocenters. The standard InChI is InChI=1S/C12H16N2O4/c1-4-18-12(15)9(3)13-10-5-8(2)6-11(7-10)14(16)17/h5-7,9,13H,4H2,1-3H3. The van der Waals surface area contributed by atoms with E-state index in [-0.39, 0.29) is 11.7 Å². The van der Waals surface area contributed by atoms with E-state index in [1.807, 2.05) is 0 Å². The van der Waals surface area contributed by atoms with E-state index in [0.717, 1.165) is 5.56 Å². The average Bonchev–Trinajstić information content (AvgIpc) is 2.28. The molecule has 1 aromatic rings. The molecule has 0 saturated heterocycles. The van der Waals surface area contributed by atoms with Crippen molar-refractivity contribution in [3.05, 3.63) is 33.9 Å². The number of aryl methyl sites for hydroxylation is 1. The Hall–Kier alpha value is -2.11. The number of nitro benzene ring substituents is 1. The van der Waals surface area contributed by atoms with Gasteiger partial charge in [0, 0.05) is 17.8 Å². The van der Waals surface area contributed by atoms with Gasteiger partial charge in [-0.05, 0) is 32.4 Å². The van der Waals surface area contributed by atoms with Crippen LogP contribution in [0, 0.1) is 17.0 Å². The van der Waals surface area contributed by atoms with Gasteiger partial charge in [-0.1, -0.05) is 0 Å². The number of carbonyl (C=O) groups excluding carboxylic acids is 1. The van der Waals surface area contributed by atoms with Crippen molar-refractivity contribution in [2.75, 3.05) is 11.9 Å². The van der Waals surface area contributed by atoms with Crippen LogP contribution in [0.2, 0.25) is 0 Å². The highest BCUT2D eigenvalue weighted by Crippen LogP contribution is 2.21. The van der Waals surface area contributed by atoms with E-state index in [2.05, 4.69) is 5.32 Å². The van der Waals surface area contributed by atoms with Crippen LogP contribution in [0.5, 0.6) is 0 Å². The Labute approximate surface area is 105 Å². The van der Waals surface area contributed by atoms with Crippen molar-refractivity contribution in [1.82, 2.24) is 0 Å². The molecule has 1 aromatic carbocycles. The summed E-state index contributed by atoms with van der Waals surface area (Å²) in [6, 6.07) is 4.05. The Morgan fingerprint density at radius 3 is 2.72 bits per heavy atom. The number of nitro groups is 1. The lowest BCUT2D eigenvalue weighted by Crippen LogP contribution is -2.28. The van der Waals surface area contributed by atoms with Crippen LogP contribution < -0.4 is 5.32 Å². The summed E-state index contributed by atoms with van der Waals surface area (Å²) in [6.45, 7) is 5.43. The number of non-ortho nitro benzene ring substituents is 1. The lowest BCUT2D eigenvalue weighted by atomic mass is 10.2. The predicted molar refractivity (Wildman–Crippen MR) is 67.6 cm³/mol. The molecular formula is C12H16N2O4. The van der Waals surface area contributed by atoms with Crippen molar-refractivity contribution >= 4 is 17.3 Å². The average molecular weight is 252 g/mol. The summed E-state index contributed by atoms with van der Waals surface area (Å²) >= 11 is 0. The molecule has 0 heterocycles. The molecular weight excluding hydrogens is 236 g/mol. The van der Waals surface area contributed by atoms with Gasteiger partial charge in [0.25, 0.3) is 5.69 Å². The molecule has 1 N–H and O–H groups in total. The van der Waals surface area contributed by atoms with Gasteiger partial charge in [0.2, 0.25) is 0 Å². The van der Waals surface area contributed by atoms with Crippen molar-refractivity contribution in [2.24, 2.45) is 0 Å². The molecule has 98 valence electrons. The summed E-state index contributed by atoms with van der Waals surface area (Å²) in [7, 11) is 0. The van der Waals surface area contributed by atoms with Crippen molar-refractivity contribution in [3.63, 3.8) is 0 Å². The van der Waals surface area contributed by atoms with Gasteiger partial charge in [0.05, 0.1) is 11.5 Å². The summed E-state index contributed by atoms with van der Waals surface area (Å²) < 4.78 is 4.85. The summed E-state index contributed by atoms with van der Waals surface area (Å²) in [6.07, 6.45) is 0. The Morgan fingerprint density at radius 2 is 2.17 bits per heavy atom. The van der Waals surface area contributed by atoms with Crippen molar-refractivity contribution < 1.29 is 14.5 Å². The van der Waals surface area contributed by atoms with Crippen LogP contribution in [0.4, 0.5) is 11.4 Å². The summed E-state index contributed by atoms with van der Waals surface area (Å²) in [4.78, 5) is 21.7. The second-order valence-electron chi connectivity index (χ2n) is 3.93. The summed E-state index contributed by atoms with van der Waals surface area (Å²) in [5.74, 6) is -0.387. The normalized spacial score (nSPS) is 11.7. The van der Waals surface area contributed by atoms with Crippen LogP contribution in [0.15, 0.2) is 18.2 Å². The zero-order valence-electron chi connectivity index (χ0n) is 10.6. The van der Waals surface area contributed by atoms with E-state index in [1.54, 1.807) is 26.8 Å². The highest BCUT2D eigenvalue weighted by molar-refractivity contribution is 5.79. The Bertz CT molecular complexity index is 459. The molecule has 0 aliphatic heterocycles. The second kappa shape index (κ2) is 6.00. The minimum Gasteiger partial charge on any atom is -0.464 e. The monoisotopic (exact) mass is 252 g/mol. The molecule has 0 saturated carbocycles. The number of hydrogen-bond donors (Lipinski definition) is 1. The lowest BCUT2D eigenvalue weighted by molar-refractivity contribution is -0.384. The number of rotatable bonds is 5. The van der Waals surface area contributed by atoms with Crippen LogP contribution in [0.25, 0.3) is 0 Å². The van der Waals surface area contributed by atoms with Crippen molar-refractivity contribution in [3.8, 4) is 0 Å². The highest BCUT2D eigenvalue weighted by Gasteiger charge is 2.15. The van der Waals surface area contributed by atoms with E-state index >= 15 is 0 Å². The van der Waals surface area contributed by atoms with Gasteiger partial charge in [0.15, 0.2) is 0 Å². The van der Waals surface area contributed by atoms with Crippen LogP contribution in [0.1, 0.15) is 19.4 Å². The molecule has 1 rings (SSSR count). The maximum absolute atomic E-state index is 11.4.